The molecule has 8 heteroatoms. The van der Waals surface area contributed by atoms with Crippen LogP contribution >= 0.6 is 0 Å². The second kappa shape index (κ2) is 7.83. The van der Waals surface area contributed by atoms with Crippen LogP contribution in [-0.4, -0.2) is 29.4 Å². The molecule has 21 heavy (non-hydrogen) atoms. The number of nitrogens with zero attached hydrogens (tertiary/aromatic N) is 1. The largest absolute Gasteiger partial charge is 0.449 e. The number of nitro groups is 1. The van der Waals surface area contributed by atoms with Gasteiger partial charge in [-0.05, 0) is 25.5 Å². The Morgan fingerprint density at radius 1 is 1.52 bits per heavy atom. The maximum atomic E-state index is 11.5. The van der Waals surface area contributed by atoms with E-state index in [1.807, 2.05) is 6.92 Å². The lowest BCUT2D eigenvalue weighted by Gasteiger charge is -2.11. The standard InChI is InChI=1S/C13H16N2O6/c1-3-8-14-13(17)9(2)20-12(16)7-5-10-4-6-11(21-10)15(18)19/h4-7,9H,3,8H2,1-2H3,(H,14,17)/b7-5+/t9-/m0/s1. The third-order valence-electron chi connectivity index (χ3n) is 2.39. The van der Waals surface area contributed by atoms with Gasteiger partial charge in [-0.3, -0.25) is 14.9 Å². The normalized spacial score (nSPS) is 12.1. The molecule has 0 aliphatic rings. The Labute approximate surface area is 120 Å². The highest BCUT2D eigenvalue weighted by Gasteiger charge is 2.16. The smallest absolute Gasteiger partial charge is 0.433 e. The van der Waals surface area contributed by atoms with Crippen LogP contribution in [0.4, 0.5) is 5.88 Å². The van der Waals surface area contributed by atoms with Crippen molar-refractivity contribution in [3.63, 3.8) is 0 Å². The number of amides is 1. The van der Waals surface area contributed by atoms with Crippen molar-refractivity contribution < 1.29 is 23.7 Å². The number of carbonyl (C=O) groups excluding carboxylic acids is 2. The first kappa shape index (κ1) is 16.4. The molecule has 0 aromatic carbocycles. The molecule has 0 radical (unpaired) electrons. The van der Waals surface area contributed by atoms with Crippen LogP contribution in [0.1, 0.15) is 26.0 Å². The molecule has 1 amide bonds. The zero-order chi connectivity index (χ0) is 15.8. The van der Waals surface area contributed by atoms with Crippen LogP contribution < -0.4 is 5.32 Å². The summed E-state index contributed by atoms with van der Waals surface area (Å²) < 4.78 is 9.70. The van der Waals surface area contributed by atoms with Crippen molar-refractivity contribution in [2.75, 3.05) is 6.54 Å². The summed E-state index contributed by atoms with van der Waals surface area (Å²) >= 11 is 0. The van der Waals surface area contributed by atoms with E-state index in [0.717, 1.165) is 12.5 Å². The first-order valence-electron chi connectivity index (χ1n) is 6.34. The Balaban J connectivity index is 2.50. The number of furan rings is 1. The fraction of sp³-hybridized carbons (Fsp3) is 0.385. The van der Waals surface area contributed by atoms with E-state index in [9.17, 15) is 19.7 Å². The van der Waals surface area contributed by atoms with E-state index in [0.29, 0.717) is 6.54 Å². The second-order valence-corrected chi connectivity index (χ2v) is 4.14. The Morgan fingerprint density at radius 3 is 2.81 bits per heavy atom. The van der Waals surface area contributed by atoms with E-state index in [4.69, 9.17) is 9.15 Å². The van der Waals surface area contributed by atoms with Crippen molar-refractivity contribution in [3.8, 4) is 0 Å². The highest BCUT2D eigenvalue weighted by Crippen LogP contribution is 2.16. The fourth-order valence-corrected chi connectivity index (χ4v) is 1.34. The van der Waals surface area contributed by atoms with Gasteiger partial charge >= 0.3 is 11.9 Å². The van der Waals surface area contributed by atoms with Gasteiger partial charge in [0.05, 0.1) is 6.07 Å². The van der Waals surface area contributed by atoms with Crippen LogP contribution in [0.5, 0.6) is 0 Å². The molecule has 114 valence electrons. The van der Waals surface area contributed by atoms with Crippen molar-refractivity contribution >= 4 is 23.8 Å². The maximum absolute atomic E-state index is 11.5. The molecule has 1 aromatic heterocycles. The molecule has 0 saturated heterocycles. The summed E-state index contributed by atoms with van der Waals surface area (Å²) in [7, 11) is 0. The summed E-state index contributed by atoms with van der Waals surface area (Å²) in [5.74, 6) is -1.41. The monoisotopic (exact) mass is 296 g/mol. The van der Waals surface area contributed by atoms with E-state index >= 15 is 0 Å². The van der Waals surface area contributed by atoms with Gasteiger partial charge in [-0.2, -0.15) is 0 Å². The number of hydrogen-bond donors (Lipinski definition) is 1. The summed E-state index contributed by atoms with van der Waals surface area (Å²) in [4.78, 5) is 32.7. The lowest BCUT2D eigenvalue weighted by atomic mass is 10.3. The van der Waals surface area contributed by atoms with E-state index in [2.05, 4.69) is 5.32 Å². The minimum Gasteiger partial charge on any atom is -0.449 e. The molecule has 1 heterocycles. The van der Waals surface area contributed by atoms with Crippen LogP contribution in [-0.2, 0) is 14.3 Å². The molecule has 1 N–H and O–H groups in total. The SMILES string of the molecule is CCCNC(=O)[C@H](C)OC(=O)/C=C/c1ccc([N+](=O)[O-])o1. The number of nitrogens with one attached hydrogen (secondary N) is 1. The molecule has 0 aliphatic carbocycles. The topological polar surface area (TPSA) is 112 Å². The summed E-state index contributed by atoms with van der Waals surface area (Å²) in [5, 5.41) is 13.0. The average molecular weight is 296 g/mol. The average Bonchev–Trinajstić information content (AvgIpc) is 2.91. The van der Waals surface area contributed by atoms with Gasteiger partial charge < -0.3 is 14.5 Å². The number of rotatable bonds is 7. The molecule has 0 unspecified atom stereocenters. The van der Waals surface area contributed by atoms with Gasteiger partial charge in [-0.1, -0.05) is 6.92 Å². The van der Waals surface area contributed by atoms with Crippen LogP contribution in [0.2, 0.25) is 0 Å². The van der Waals surface area contributed by atoms with Gasteiger partial charge in [0.25, 0.3) is 5.91 Å². The molecule has 0 bridgehead atoms. The molecule has 1 aromatic rings. The number of carbonyl (C=O) groups is 2. The quantitative estimate of drug-likeness (QED) is 0.354. The minimum absolute atomic E-state index is 0.140. The lowest BCUT2D eigenvalue weighted by molar-refractivity contribution is -0.402. The van der Waals surface area contributed by atoms with E-state index < -0.39 is 22.9 Å². The van der Waals surface area contributed by atoms with Crippen LogP contribution in [0.3, 0.4) is 0 Å². The molecule has 0 saturated carbocycles. The number of ether oxygens (including phenoxy) is 1. The van der Waals surface area contributed by atoms with Gasteiger partial charge in [-0.15, -0.1) is 0 Å². The first-order chi connectivity index (χ1) is 9.93. The Kier molecular flexibility index (Phi) is 6.12. The molecule has 0 aliphatic heterocycles. The molecule has 8 nitrogen and oxygen atoms in total. The highest BCUT2D eigenvalue weighted by molar-refractivity contribution is 5.90. The lowest BCUT2D eigenvalue weighted by Crippen LogP contribution is -2.35. The number of esters is 1. The zero-order valence-electron chi connectivity index (χ0n) is 11.7. The minimum atomic E-state index is -0.917. The first-order valence-corrected chi connectivity index (χ1v) is 6.34. The molecule has 0 spiro atoms. The van der Waals surface area contributed by atoms with Crippen molar-refractivity contribution in [1.29, 1.82) is 0 Å². The summed E-state index contributed by atoms with van der Waals surface area (Å²) in [6, 6.07) is 2.52. The maximum Gasteiger partial charge on any atom is 0.433 e. The highest BCUT2D eigenvalue weighted by atomic mass is 16.6. The molecule has 1 rings (SSSR count). The van der Waals surface area contributed by atoms with E-state index in [-0.39, 0.29) is 11.7 Å². The third kappa shape index (κ3) is 5.47. The van der Waals surface area contributed by atoms with Crippen LogP contribution in [0.15, 0.2) is 22.6 Å². The van der Waals surface area contributed by atoms with Crippen molar-refractivity contribution in [1.82, 2.24) is 5.32 Å². The number of hydrogen-bond acceptors (Lipinski definition) is 6. The van der Waals surface area contributed by atoms with Crippen LogP contribution in [0, 0.1) is 10.1 Å². The zero-order valence-corrected chi connectivity index (χ0v) is 11.7. The van der Waals surface area contributed by atoms with Crippen LogP contribution in [0.25, 0.3) is 6.08 Å². The van der Waals surface area contributed by atoms with E-state index in [1.54, 1.807) is 0 Å². The second-order valence-electron chi connectivity index (χ2n) is 4.14. The third-order valence-corrected chi connectivity index (χ3v) is 2.39. The van der Waals surface area contributed by atoms with Crippen molar-refractivity contribution in [2.45, 2.75) is 26.4 Å². The Hall–Kier alpha value is -2.64. The van der Waals surface area contributed by atoms with Crippen molar-refractivity contribution in [2.24, 2.45) is 0 Å². The summed E-state index contributed by atoms with van der Waals surface area (Å²) in [6.07, 6.45) is 2.13. The summed E-state index contributed by atoms with van der Waals surface area (Å²) in [5.41, 5.74) is 0. The predicted octanol–water partition coefficient (Wildman–Crippen LogP) is 1.66. The molecule has 0 fully saturated rings. The summed E-state index contributed by atoms with van der Waals surface area (Å²) in [6.45, 7) is 3.86. The van der Waals surface area contributed by atoms with Gasteiger partial charge in [-0.25, -0.2) is 4.79 Å². The Bertz CT molecular complexity index is 549. The van der Waals surface area contributed by atoms with Crippen molar-refractivity contribution in [3.05, 3.63) is 34.1 Å². The molecular weight excluding hydrogens is 280 g/mol. The fourth-order valence-electron chi connectivity index (χ4n) is 1.34. The van der Waals surface area contributed by atoms with Gasteiger partial charge in [0, 0.05) is 12.6 Å². The predicted molar refractivity (Wildman–Crippen MR) is 73.3 cm³/mol. The van der Waals surface area contributed by atoms with Gasteiger partial charge in [0.15, 0.2) is 6.10 Å². The Morgan fingerprint density at radius 2 is 2.24 bits per heavy atom. The molecular formula is C13H16N2O6. The van der Waals surface area contributed by atoms with Gasteiger partial charge in [0.2, 0.25) is 0 Å². The van der Waals surface area contributed by atoms with E-state index in [1.165, 1.54) is 25.1 Å². The molecule has 1 atom stereocenters. The van der Waals surface area contributed by atoms with Gasteiger partial charge in [0.1, 0.15) is 10.7 Å².